The largest absolute Gasteiger partial charge is 0.488 e. The number of halogens is 1. The smallest absolute Gasteiger partial charge is 0.123 e. The standard InChI is InChI=1S/C16H23BrN2O/c17-14-1-2-16-13(9-14)10-15(20-16)11-19-7-4-12(3-6-18)5-8-19/h1-2,9,12,15H,3-8,10-11,18H2. The van der Waals surface area contributed by atoms with Crippen LogP contribution in [0.4, 0.5) is 0 Å². The molecule has 1 aromatic rings. The van der Waals surface area contributed by atoms with E-state index in [1.807, 2.05) is 0 Å². The molecule has 2 heterocycles. The van der Waals surface area contributed by atoms with E-state index in [4.69, 9.17) is 10.5 Å². The molecule has 1 unspecified atom stereocenters. The van der Waals surface area contributed by atoms with Gasteiger partial charge in [0.15, 0.2) is 0 Å². The molecule has 0 radical (unpaired) electrons. The summed E-state index contributed by atoms with van der Waals surface area (Å²) < 4.78 is 7.20. The van der Waals surface area contributed by atoms with Crippen molar-refractivity contribution in [3.8, 4) is 5.75 Å². The first-order valence-electron chi connectivity index (χ1n) is 7.62. The van der Waals surface area contributed by atoms with Crippen LogP contribution in [0.2, 0.25) is 0 Å². The minimum atomic E-state index is 0.324. The molecule has 0 spiro atoms. The Morgan fingerprint density at radius 3 is 2.85 bits per heavy atom. The van der Waals surface area contributed by atoms with Gasteiger partial charge in [-0.05, 0) is 68.6 Å². The SMILES string of the molecule is NCCC1CCN(CC2Cc3cc(Br)ccc3O2)CC1. The molecule has 0 aliphatic carbocycles. The molecular formula is C16H23BrN2O. The molecule has 0 saturated carbocycles. The van der Waals surface area contributed by atoms with Crippen molar-refractivity contribution >= 4 is 15.9 Å². The molecule has 4 heteroatoms. The van der Waals surface area contributed by atoms with E-state index < -0.39 is 0 Å². The lowest BCUT2D eigenvalue weighted by Gasteiger charge is -2.33. The molecule has 1 atom stereocenters. The fourth-order valence-electron chi connectivity index (χ4n) is 3.37. The molecule has 0 aromatic heterocycles. The number of nitrogens with two attached hydrogens (primary N) is 1. The first-order valence-corrected chi connectivity index (χ1v) is 8.41. The molecule has 3 rings (SSSR count). The normalized spacial score (nSPS) is 23.6. The average Bonchev–Trinajstić information content (AvgIpc) is 2.82. The number of nitrogens with zero attached hydrogens (tertiary/aromatic N) is 1. The average molecular weight is 339 g/mol. The highest BCUT2D eigenvalue weighted by Gasteiger charge is 2.27. The molecule has 1 aromatic carbocycles. The third-order valence-electron chi connectivity index (χ3n) is 4.51. The summed E-state index contributed by atoms with van der Waals surface area (Å²) in [4.78, 5) is 2.55. The minimum Gasteiger partial charge on any atom is -0.488 e. The minimum absolute atomic E-state index is 0.324. The van der Waals surface area contributed by atoms with Crippen LogP contribution in [0.1, 0.15) is 24.8 Å². The molecule has 0 amide bonds. The van der Waals surface area contributed by atoms with E-state index in [0.29, 0.717) is 6.10 Å². The molecule has 2 aliphatic heterocycles. The van der Waals surface area contributed by atoms with Crippen LogP contribution in [-0.4, -0.2) is 37.2 Å². The lowest BCUT2D eigenvalue weighted by Crippen LogP contribution is -2.40. The summed E-state index contributed by atoms with van der Waals surface area (Å²) in [6.07, 6.45) is 5.14. The summed E-state index contributed by atoms with van der Waals surface area (Å²) in [7, 11) is 0. The fourth-order valence-corrected chi connectivity index (χ4v) is 3.78. The summed E-state index contributed by atoms with van der Waals surface area (Å²) >= 11 is 3.53. The van der Waals surface area contributed by atoms with Gasteiger partial charge >= 0.3 is 0 Å². The summed E-state index contributed by atoms with van der Waals surface area (Å²) in [5.41, 5.74) is 6.99. The van der Waals surface area contributed by atoms with E-state index in [-0.39, 0.29) is 0 Å². The van der Waals surface area contributed by atoms with Gasteiger partial charge in [-0.2, -0.15) is 0 Å². The van der Waals surface area contributed by atoms with Crippen molar-refractivity contribution in [2.45, 2.75) is 31.8 Å². The Morgan fingerprint density at radius 1 is 1.30 bits per heavy atom. The maximum Gasteiger partial charge on any atom is 0.123 e. The van der Waals surface area contributed by atoms with Gasteiger partial charge < -0.3 is 10.5 Å². The van der Waals surface area contributed by atoms with Gasteiger partial charge in [0.25, 0.3) is 0 Å². The number of hydrogen-bond acceptors (Lipinski definition) is 3. The van der Waals surface area contributed by atoms with Crippen molar-refractivity contribution in [1.82, 2.24) is 4.90 Å². The van der Waals surface area contributed by atoms with Crippen LogP contribution in [0.5, 0.6) is 5.75 Å². The number of piperidine rings is 1. The zero-order valence-corrected chi connectivity index (χ0v) is 13.4. The summed E-state index contributed by atoms with van der Waals surface area (Å²) in [5.74, 6) is 1.91. The van der Waals surface area contributed by atoms with Crippen molar-refractivity contribution in [1.29, 1.82) is 0 Å². The van der Waals surface area contributed by atoms with E-state index in [1.54, 1.807) is 0 Å². The molecule has 3 nitrogen and oxygen atoms in total. The van der Waals surface area contributed by atoms with Gasteiger partial charge in [-0.1, -0.05) is 15.9 Å². The summed E-state index contributed by atoms with van der Waals surface area (Å²) in [6.45, 7) is 4.29. The lowest BCUT2D eigenvalue weighted by molar-refractivity contribution is 0.115. The second kappa shape index (κ2) is 6.46. The van der Waals surface area contributed by atoms with Crippen LogP contribution in [0.25, 0.3) is 0 Å². The number of fused-ring (bicyclic) bond motifs is 1. The third kappa shape index (κ3) is 3.35. The highest BCUT2D eigenvalue weighted by molar-refractivity contribution is 9.10. The maximum atomic E-state index is 6.06. The lowest BCUT2D eigenvalue weighted by atomic mass is 9.93. The number of ether oxygens (including phenoxy) is 1. The van der Waals surface area contributed by atoms with Gasteiger partial charge in [-0.15, -0.1) is 0 Å². The van der Waals surface area contributed by atoms with Crippen LogP contribution < -0.4 is 10.5 Å². The van der Waals surface area contributed by atoms with Crippen molar-refractivity contribution in [2.24, 2.45) is 11.7 Å². The van der Waals surface area contributed by atoms with Gasteiger partial charge in [-0.25, -0.2) is 0 Å². The topological polar surface area (TPSA) is 38.5 Å². The number of hydrogen-bond donors (Lipinski definition) is 1. The highest BCUT2D eigenvalue weighted by atomic mass is 79.9. The Hall–Kier alpha value is -0.580. The molecule has 2 N–H and O–H groups in total. The van der Waals surface area contributed by atoms with Crippen LogP contribution >= 0.6 is 15.9 Å². The predicted octanol–water partition coefficient (Wildman–Crippen LogP) is 2.81. The Bertz CT molecular complexity index is 458. The maximum absolute atomic E-state index is 6.06. The molecule has 110 valence electrons. The Labute approximate surface area is 129 Å². The highest BCUT2D eigenvalue weighted by Crippen LogP contribution is 2.32. The van der Waals surface area contributed by atoms with E-state index in [9.17, 15) is 0 Å². The van der Waals surface area contributed by atoms with Crippen molar-refractivity contribution in [3.63, 3.8) is 0 Å². The number of benzene rings is 1. The first kappa shape index (κ1) is 14.4. The van der Waals surface area contributed by atoms with E-state index in [2.05, 4.69) is 39.0 Å². The molecule has 1 fully saturated rings. The molecule has 2 aliphatic rings. The predicted molar refractivity (Wildman–Crippen MR) is 85.1 cm³/mol. The van der Waals surface area contributed by atoms with Crippen LogP contribution in [0.3, 0.4) is 0 Å². The van der Waals surface area contributed by atoms with Crippen LogP contribution in [0.15, 0.2) is 22.7 Å². The van der Waals surface area contributed by atoms with Gasteiger partial charge in [0, 0.05) is 17.4 Å². The van der Waals surface area contributed by atoms with Gasteiger partial charge in [0.2, 0.25) is 0 Å². The Balaban J connectivity index is 1.49. The second-order valence-electron chi connectivity index (χ2n) is 6.02. The molecular weight excluding hydrogens is 316 g/mol. The van der Waals surface area contributed by atoms with Gasteiger partial charge in [0.1, 0.15) is 11.9 Å². The second-order valence-corrected chi connectivity index (χ2v) is 6.93. The fraction of sp³-hybridized carbons (Fsp3) is 0.625. The van der Waals surface area contributed by atoms with Crippen molar-refractivity contribution in [2.75, 3.05) is 26.2 Å². The van der Waals surface area contributed by atoms with Crippen molar-refractivity contribution < 1.29 is 4.74 Å². The van der Waals surface area contributed by atoms with Crippen molar-refractivity contribution in [3.05, 3.63) is 28.2 Å². The monoisotopic (exact) mass is 338 g/mol. The van der Waals surface area contributed by atoms with Crippen LogP contribution in [0, 0.1) is 5.92 Å². The van der Waals surface area contributed by atoms with Crippen LogP contribution in [-0.2, 0) is 6.42 Å². The Morgan fingerprint density at radius 2 is 2.10 bits per heavy atom. The quantitative estimate of drug-likeness (QED) is 0.917. The number of likely N-dealkylation sites (tertiary alicyclic amines) is 1. The van der Waals surface area contributed by atoms with E-state index in [0.717, 1.165) is 35.7 Å². The molecule has 1 saturated heterocycles. The molecule has 20 heavy (non-hydrogen) atoms. The summed E-state index contributed by atoms with van der Waals surface area (Å²) in [5, 5.41) is 0. The zero-order valence-electron chi connectivity index (χ0n) is 11.9. The van der Waals surface area contributed by atoms with Gasteiger partial charge in [-0.3, -0.25) is 4.90 Å². The van der Waals surface area contributed by atoms with E-state index >= 15 is 0 Å². The summed E-state index contributed by atoms with van der Waals surface area (Å²) in [6, 6.07) is 6.31. The number of rotatable bonds is 4. The first-order chi connectivity index (χ1) is 9.74. The van der Waals surface area contributed by atoms with E-state index in [1.165, 1.54) is 37.9 Å². The zero-order chi connectivity index (χ0) is 13.9. The molecule has 0 bridgehead atoms. The third-order valence-corrected chi connectivity index (χ3v) is 5.00. The Kier molecular flexibility index (Phi) is 4.64. The van der Waals surface area contributed by atoms with Gasteiger partial charge in [0.05, 0.1) is 0 Å².